The third-order valence-corrected chi connectivity index (χ3v) is 12.0. The highest BCUT2D eigenvalue weighted by atomic mass is 16.7. The Kier molecular flexibility index (Phi) is 15.1. The van der Waals surface area contributed by atoms with Gasteiger partial charge >= 0.3 is 5.97 Å². The van der Waals surface area contributed by atoms with Crippen LogP contribution in [0.5, 0.6) is 0 Å². The maximum atomic E-state index is 14.1. The summed E-state index contributed by atoms with van der Waals surface area (Å²) in [5.74, 6) is -4.24. The molecular weight excluding hydrogens is 680 g/mol. The molecule has 6 N–H and O–H groups in total. The van der Waals surface area contributed by atoms with Gasteiger partial charge in [0.2, 0.25) is 0 Å². The van der Waals surface area contributed by atoms with Crippen molar-refractivity contribution < 1.29 is 64.0 Å². The van der Waals surface area contributed by atoms with Gasteiger partial charge < -0.3 is 64.1 Å². The number of ether oxygens (including phenoxy) is 6. The van der Waals surface area contributed by atoms with Crippen LogP contribution < -0.4 is 0 Å². The first-order valence-electron chi connectivity index (χ1n) is 18.7. The molecule has 0 radical (unpaired) electrons. The highest BCUT2D eigenvalue weighted by Crippen LogP contribution is 2.41. The highest BCUT2D eigenvalue weighted by molar-refractivity contribution is 5.88. The van der Waals surface area contributed by atoms with Crippen molar-refractivity contribution in [2.75, 3.05) is 21.2 Å². The van der Waals surface area contributed by atoms with Gasteiger partial charge in [-0.3, -0.25) is 4.79 Å². The number of methoxy groups -OCH3 is 1. The average molecular weight is 749 g/mol. The van der Waals surface area contributed by atoms with Crippen molar-refractivity contribution in [3.8, 4) is 0 Å². The second-order valence-corrected chi connectivity index (χ2v) is 16.6. The van der Waals surface area contributed by atoms with Crippen LogP contribution in [0.25, 0.3) is 0 Å². The third kappa shape index (κ3) is 9.47. The van der Waals surface area contributed by atoms with Crippen LogP contribution in [0.1, 0.15) is 94.9 Å². The zero-order valence-electron chi connectivity index (χ0n) is 33.4. The van der Waals surface area contributed by atoms with Crippen LogP contribution in [-0.2, 0) is 33.2 Å². The molecule has 0 spiro atoms. The summed E-state index contributed by atoms with van der Waals surface area (Å²) >= 11 is 0. The van der Waals surface area contributed by atoms with E-state index in [0.717, 1.165) is 0 Å². The molecule has 3 rings (SSSR count). The van der Waals surface area contributed by atoms with E-state index in [9.17, 15) is 35.5 Å². The summed E-state index contributed by atoms with van der Waals surface area (Å²) in [5.41, 5.74) is -4.68. The van der Waals surface area contributed by atoms with Gasteiger partial charge in [-0.25, -0.2) is 0 Å². The van der Waals surface area contributed by atoms with E-state index in [1.54, 1.807) is 55.4 Å². The second-order valence-electron chi connectivity index (χ2n) is 16.6. The Morgan fingerprint density at radius 1 is 0.923 bits per heavy atom. The lowest BCUT2D eigenvalue weighted by atomic mass is 9.73. The summed E-state index contributed by atoms with van der Waals surface area (Å²) in [4.78, 5) is 16.0. The number of nitrogens with zero attached hydrogens (tertiary/aromatic N) is 2. The number of hydrogen-bond donors (Lipinski definition) is 6. The van der Waals surface area contributed by atoms with Crippen molar-refractivity contribution in [1.82, 2.24) is 4.90 Å². The largest absolute Gasteiger partial charge is 0.459 e. The van der Waals surface area contributed by atoms with Crippen molar-refractivity contribution >= 4 is 11.7 Å². The molecule has 0 aromatic rings. The van der Waals surface area contributed by atoms with Gasteiger partial charge in [0.1, 0.15) is 23.9 Å². The quantitative estimate of drug-likeness (QED) is 0.125. The molecule has 52 heavy (non-hydrogen) atoms. The van der Waals surface area contributed by atoms with Crippen LogP contribution in [0, 0.1) is 23.7 Å². The van der Waals surface area contributed by atoms with Crippen molar-refractivity contribution in [1.29, 1.82) is 0 Å². The van der Waals surface area contributed by atoms with Gasteiger partial charge in [-0.1, -0.05) is 32.9 Å². The smallest absolute Gasteiger partial charge is 0.311 e. The van der Waals surface area contributed by atoms with E-state index in [0.29, 0.717) is 6.42 Å². The molecule has 15 nitrogen and oxygen atoms in total. The molecule has 0 aromatic carbocycles. The van der Waals surface area contributed by atoms with Gasteiger partial charge in [0.15, 0.2) is 12.6 Å². The molecule has 0 bridgehead atoms. The van der Waals surface area contributed by atoms with Crippen LogP contribution >= 0.6 is 0 Å². The van der Waals surface area contributed by atoms with Crippen molar-refractivity contribution in [2.45, 2.75) is 179 Å². The molecule has 15 heteroatoms. The lowest BCUT2D eigenvalue weighted by Crippen LogP contribution is -2.61. The van der Waals surface area contributed by atoms with E-state index < -0.39 is 102 Å². The number of oxime groups is 1. The third-order valence-electron chi connectivity index (χ3n) is 12.0. The Morgan fingerprint density at radius 3 is 2.08 bits per heavy atom. The van der Waals surface area contributed by atoms with Gasteiger partial charge in [0.05, 0.1) is 53.4 Å². The molecule has 3 aliphatic heterocycles. The van der Waals surface area contributed by atoms with Crippen LogP contribution in [0.4, 0.5) is 0 Å². The number of carbonyl (C=O) groups excluding carboxylic acids is 1. The number of cyclic esters (lactones) is 1. The van der Waals surface area contributed by atoms with E-state index in [1.807, 2.05) is 25.9 Å². The van der Waals surface area contributed by atoms with E-state index in [-0.39, 0.29) is 37.1 Å². The molecule has 3 aliphatic rings. The van der Waals surface area contributed by atoms with Crippen molar-refractivity contribution in [2.24, 2.45) is 28.8 Å². The molecule has 3 unspecified atom stereocenters. The average Bonchev–Trinajstić information content (AvgIpc) is 3.06. The molecule has 0 saturated carbocycles. The first kappa shape index (κ1) is 44.9. The fourth-order valence-electron chi connectivity index (χ4n) is 8.61. The Bertz CT molecular complexity index is 1200. The summed E-state index contributed by atoms with van der Waals surface area (Å²) < 4.78 is 37.2. The minimum absolute atomic E-state index is 0.0657. The normalized spacial score (nSPS) is 49.8. The first-order valence-corrected chi connectivity index (χ1v) is 18.7. The lowest BCUT2D eigenvalue weighted by Gasteiger charge is -2.49. The Hall–Kier alpha value is -1.50. The van der Waals surface area contributed by atoms with Gasteiger partial charge in [-0.2, -0.15) is 0 Å². The monoisotopic (exact) mass is 748 g/mol. The number of carbonyl (C=O) groups is 1. The molecule has 0 aliphatic carbocycles. The summed E-state index contributed by atoms with van der Waals surface area (Å²) in [6.45, 7) is 16.6. The van der Waals surface area contributed by atoms with E-state index in [2.05, 4.69) is 5.16 Å². The van der Waals surface area contributed by atoms with E-state index in [4.69, 9.17) is 28.4 Å². The maximum absolute atomic E-state index is 14.1. The Labute approximate surface area is 309 Å². The molecule has 3 fully saturated rings. The number of aliphatic hydroxyl groups is 5. The SMILES string of the molecule is CC[C@H]1OC(=O)[C@H](C)[C@@H](OC2C[C@](C)(OC)[C@H](O)[C@@H](C)O2)[C@H](C)[C@@H](OC2O[C@H](C)C[C@H](N(C)C)[C@H]2O)C(C)(O)C[C@@H](C)C(=NO)[C@H](C)[C@@H](O)[C@]1(C)O. The number of likely N-dealkylation sites (N-methyl/N-ethyl adjacent to an activating group) is 1. The van der Waals surface area contributed by atoms with Crippen LogP contribution in [0.15, 0.2) is 5.16 Å². The molecular formula is C37H68N2O13. The molecule has 3 heterocycles. The predicted molar refractivity (Wildman–Crippen MR) is 190 cm³/mol. The lowest BCUT2D eigenvalue weighted by molar-refractivity contribution is -0.317. The van der Waals surface area contributed by atoms with E-state index in [1.165, 1.54) is 14.0 Å². The zero-order chi connectivity index (χ0) is 39.7. The van der Waals surface area contributed by atoms with Gasteiger partial charge in [0.25, 0.3) is 0 Å². The maximum Gasteiger partial charge on any atom is 0.311 e. The van der Waals surface area contributed by atoms with E-state index >= 15 is 0 Å². The minimum atomic E-state index is -1.97. The molecule has 18 atom stereocenters. The zero-order valence-corrected chi connectivity index (χ0v) is 33.4. The number of rotatable bonds is 7. The molecule has 3 saturated heterocycles. The summed E-state index contributed by atoms with van der Waals surface area (Å²) in [7, 11) is 5.19. The van der Waals surface area contributed by atoms with Gasteiger partial charge in [-0.05, 0) is 74.9 Å². The molecule has 0 aromatic heterocycles. The highest BCUT2D eigenvalue weighted by Gasteiger charge is 2.53. The minimum Gasteiger partial charge on any atom is -0.459 e. The molecule has 304 valence electrons. The first-order chi connectivity index (χ1) is 24.0. The van der Waals surface area contributed by atoms with Crippen LogP contribution in [-0.4, -0.2) is 153 Å². The second kappa shape index (κ2) is 17.5. The predicted octanol–water partition coefficient (Wildman–Crippen LogP) is 2.05. The number of hydrogen-bond acceptors (Lipinski definition) is 15. The summed E-state index contributed by atoms with van der Waals surface area (Å²) in [5, 5.41) is 71.8. The number of esters is 1. The Balaban J connectivity index is 2.21. The van der Waals surface area contributed by atoms with Crippen molar-refractivity contribution in [3.05, 3.63) is 0 Å². The topological polar surface area (TPSA) is 209 Å². The summed E-state index contributed by atoms with van der Waals surface area (Å²) in [6, 6.07) is -0.322. The van der Waals surface area contributed by atoms with Crippen molar-refractivity contribution in [3.63, 3.8) is 0 Å². The Morgan fingerprint density at radius 2 is 1.54 bits per heavy atom. The van der Waals surface area contributed by atoms with Gasteiger partial charge in [-0.15, -0.1) is 0 Å². The fourth-order valence-corrected chi connectivity index (χ4v) is 8.61. The summed E-state index contributed by atoms with van der Waals surface area (Å²) in [6.07, 6.45) is -9.51. The van der Waals surface area contributed by atoms with Crippen LogP contribution in [0.2, 0.25) is 0 Å². The van der Waals surface area contributed by atoms with Gasteiger partial charge in [0, 0.05) is 37.3 Å². The number of aliphatic hydroxyl groups excluding tert-OH is 3. The fraction of sp³-hybridized carbons (Fsp3) is 0.946. The molecule has 0 amide bonds. The van der Waals surface area contributed by atoms with Crippen LogP contribution in [0.3, 0.4) is 0 Å². The standard InChI is InChI=1S/C37H68N2O13/c1-14-25-37(10,45)30(41)20(4)27(38-46)18(2)16-35(8,44)32(52-34-28(40)24(39(11)12)15-19(3)48-34)21(5)29(22(6)33(43)50-25)51-26-17-36(9,47-13)31(42)23(7)49-26/h18-26,28-32,34,40-42,44-46H,14-17H2,1-13H3/t18-,19-,20+,21+,22-,23-,24+,25-,26?,28-,29+,30-,31-,32-,34?,35?,36+,37-/m1/s1.